The predicted molar refractivity (Wildman–Crippen MR) is 123 cm³/mol. The first-order chi connectivity index (χ1) is 15.0. The van der Waals surface area contributed by atoms with Gasteiger partial charge in [-0.25, -0.2) is 0 Å². The number of nitrogens with zero attached hydrogens (tertiary/aromatic N) is 1. The predicted octanol–water partition coefficient (Wildman–Crippen LogP) is 0.0113. The maximum Gasteiger partial charge on any atom is 0.271 e. The first-order valence-corrected chi connectivity index (χ1v) is 10.2. The number of benzene rings is 1. The van der Waals surface area contributed by atoms with Crippen LogP contribution in [0.4, 0.5) is 5.69 Å². The minimum absolute atomic E-state index is 0.0674. The second kappa shape index (κ2) is 10.1. The van der Waals surface area contributed by atoms with Crippen LogP contribution in [0.25, 0.3) is 5.76 Å². The molecule has 1 aliphatic carbocycles. The third-order valence-corrected chi connectivity index (χ3v) is 5.34. The molecule has 0 aliphatic heterocycles. The van der Waals surface area contributed by atoms with Crippen LogP contribution in [0, 0.1) is 17.2 Å². The second-order valence-corrected chi connectivity index (χ2v) is 8.13. The minimum atomic E-state index is -0.832. The number of allylic oxidation sites excluding steroid dienone is 1. The molecule has 2 amide bonds. The number of primary amides is 2. The van der Waals surface area contributed by atoms with Crippen molar-refractivity contribution in [2.45, 2.75) is 38.8 Å². The fourth-order valence-electron chi connectivity index (χ4n) is 3.61. The van der Waals surface area contributed by atoms with Crippen molar-refractivity contribution in [3.05, 3.63) is 47.4 Å². The number of hydrogen-bond acceptors (Lipinski definition) is 8. The minimum Gasteiger partial charge on any atom is -0.872 e. The smallest absolute Gasteiger partial charge is 0.271 e. The van der Waals surface area contributed by atoms with Gasteiger partial charge in [0.15, 0.2) is 5.70 Å². The fraction of sp³-hybridized carbons (Fsp3) is 0.364. The second-order valence-electron chi connectivity index (χ2n) is 8.13. The molecule has 0 spiro atoms. The molecule has 0 bridgehead atoms. The first-order valence-electron chi connectivity index (χ1n) is 10.2. The summed E-state index contributed by atoms with van der Waals surface area (Å²) in [6, 6.07) is 5.94. The molecular weight excluding hydrogens is 410 g/mol. The molecule has 1 aromatic rings. The molecule has 0 heterocycles. The van der Waals surface area contributed by atoms with E-state index >= 15 is 0 Å². The van der Waals surface area contributed by atoms with E-state index in [-0.39, 0.29) is 29.2 Å². The molecular formula is C22H30N7O3-. The van der Waals surface area contributed by atoms with Crippen molar-refractivity contribution in [1.29, 1.82) is 5.41 Å². The summed E-state index contributed by atoms with van der Waals surface area (Å²) in [4.78, 5) is 28.0. The molecule has 10 heteroatoms. The fourth-order valence-corrected chi connectivity index (χ4v) is 3.61. The maximum absolute atomic E-state index is 12.0. The van der Waals surface area contributed by atoms with E-state index in [1.807, 2.05) is 13.8 Å². The number of nitrogens with two attached hydrogens (primary N) is 3. The first kappa shape index (κ1) is 24.6. The number of rotatable bonds is 11. The van der Waals surface area contributed by atoms with Crippen molar-refractivity contribution < 1.29 is 14.7 Å². The van der Waals surface area contributed by atoms with Gasteiger partial charge in [-0.15, -0.1) is 5.76 Å². The lowest BCUT2D eigenvalue weighted by Crippen LogP contribution is -2.50. The number of anilines is 1. The molecule has 0 saturated heterocycles. The molecule has 1 aliphatic rings. The SMILES string of the molecule is CC(C=N/C(C(N)=O)=C(\N)Nc1ccc(/C([O-])=C/C=N)cc1)NC1(C(N)=O)CC1C(C)C. The van der Waals surface area contributed by atoms with Crippen molar-refractivity contribution in [2.24, 2.45) is 34.0 Å². The van der Waals surface area contributed by atoms with Crippen molar-refractivity contribution in [3.63, 3.8) is 0 Å². The molecule has 1 aromatic carbocycles. The normalized spacial score (nSPS) is 22.4. The van der Waals surface area contributed by atoms with Crippen LogP contribution in [0.2, 0.25) is 0 Å². The highest BCUT2D eigenvalue weighted by molar-refractivity contribution is 5.95. The van der Waals surface area contributed by atoms with Gasteiger partial charge in [0.25, 0.3) is 5.91 Å². The highest BCUT2D eigenvalue weighted by Crippen LogP contribution is 2.48. The maximum atomic E-state index is 12.0. The molecule has 3 unspecified atom stereocenters. The summed E-state index contributed by atoms with van der Waals surface area (Å²) in [7, 11) is 0. The summed E-state index contributed by atoms with van der Waals surface area (Å²) in [5.41, 5.74) is 17.0. The third kappa shape index (κ3) is 5.73. The number of amides is 2. The van der Waals surface area contributed by atoms with Gasteiger partial charge in [-0.3, -0.25) is 19.9 Å². The van der Waals surface area contributed by atoms with E-state index in [2.05, 4.69) is 15.6 Å². The van der Waals surface area contributed by atoms with E-state index in [0.29, 0.717) is 23.6 Å². The van der Waals surface area contributed by atoms with Gasteiger partial charge in [0.1, 0.15) is 11.4 Å². The van der Waals surface area contributed by atoms with Crippen LogP contribution in [0.5, 0.6) is 0 Å². The summed E-state index contributed by atoms with van der Waals surface area (Å²) in [6.07, 6.45) is 4.15. The Labute approximate surface area is 187 Å². The number of carbonyl (C=O) groups excluding carboxylic acids is 2. The zero-order valence-corrected chi connectivity index (χ0v) is 18.4. The van der Waals surface area contributed by atoms with Gasteiger partial charge in [0.05, 0.1) is 0 Å². The molecule has 0 radical (unpaired) electrons. The molecule has 1 saturated carbocycles. The van der Waals surface area contributed by atoms with Crippen molar-refractivity contribution in [1.82, 2.24) is 5.32 Å². The monoisotopic (exact) mass is 440 g/mol. The van der Waals surface area contributed by atoms with Crippen LogP contribution < -0.4 is 32.9 Å². The Bertz CT molecular complexity index is 966. The van der Waals surface area contributed by atoms with Crippen molar-refractivity contribution >= 4 is 35.7 Å². The summed E-state index contributed by atoms with van der Waals surface area (Å²) in [6.45, 7) is 5.85. The van der Waals surface area contributed by atoms with Crippen LogP contribution >= 0.6 is 0 Å². The molecule has 32 heavy (non-hydrogen) atoms. The molecule has 172 valence electrons. The number of nitrogens with one attached hydrogen (secondary N) is 3. The van der Waals surface area contributed by atoms with Gasteiger partial charge in [-0.05, 0) is 42.9 Å². The molecule has 3 atom stereocenters. The zero-order chi connectivity index (χ0) is 24.1. The molecule has 1 fully saturated rings. The van der Waals surface area contributed by atoms with Crippen LogP contribution in [0.15, 0.2) is 46.9 Å². The third-order valence-electron chi connectivity index (χ3n) is 5.34. The van der Waals surface area contributed by atoms with Crippen LogP contribution in [-0.2, 0) is 9.59 Å². The van der Waals surface area contributed by atoms with E-state index in [4.69, 9.17) is 22.6 Å². The van der Waals surface area contributed by atoms with E-state index in [0.717, 1.165) is 12.3 Å². The Kier molecular flexibility index (Phi) is 7.77. The van der Waals surface area contributed by atoms with Gasteiger partial charge in [-0.1, -0.05) is 32.1 Å². The van der Waals surface area contributed by atoms with Gasteiger partial charge < -0.3 is 33.0 Å². The largest absolute Gasteiger partial charge is 0.872 e. The lowest BCUT2D eigenvalue weighted by molar-refractivity contribution is -0.243. The van der Waals surface area contributed by atoms with Gasteiger partial charge in [-0.2, -0.15) is 0 Å². The number of carbonyl (C=O) groups is 2. The van der Waals surface area contributed by atoms with Crippen LogP contribution in [0.3, 0.4) is 0 Å². The molecule has 10 nitrogen and oxygen atoms in total. The van der Waals surface area contributed by atoms with Crippen molar-refractivity contribution in [2.75, 3.05) is 5.32 Å². The Morgan fingerprint density at radius 3 is 2.31 bits per heavy atom. The molecule has 0 aromatic heterocycles. The Balaban J connectivity index is 2.14. The quantitative estimate of drug-likeness (QED) is 0.159. The van der Waals surface area contributed by atoms with E-state index in [1.54, 1.807) is 31.2 Å². The number of hydrogen-bond donors (Lipinski definition) is 6. The number of aliphatic imine (C=N–C) groups is 1. The van der Waals surface area contributed by atoms with Gasteiger partial charge >= 0.3 is 0 Å². The Hall–Kier alpha value is -3.66. The van der Waals surface area contributed by atoms with E-state index in [1.165, 1.54) is 6.21 Å². The highest BCUT2D eigenvalue weighted by Gasteiger charge is 2.60. The van der Waals surface area contributed by atoms with E-state index < -0.39 is 17.4 Å². The lowest BCUT2D eigenvalue weighted by atomic mass is 10.0. The van der Waals surface area contributed by atoms with Crippen LogP contribution in [-0.4, -0.2) is 35.8 Å². The summed E-state index contributed by atoms with van der Waals surface area (Å²) < 4.78 is 0. The summed E-state index contributed by atoms with van der Waals surface area (Å²) in [5.74, 6) is -1.18. The zero-order valence-electron chi connectivity index (χ0n) is 18.4. The lowest BCUT2D eigenvalue weighted by Gasteiger charge is -2.20. The van der Waals surface area contributed by atoms with Crippen molar-refractivity contribution in [3.8, 4) is 0 Å². The summed E-state index contributed by atoms with van der Waals surface area (Å²) >= 11 is 0. The molecule has 9 N–H and O–H groups in total. The van der Waals surface area contributed by atoms with Gasteiger partial charge in [0, 0.05) is 24.2 Å². The average Bonchev–Trinajstić information content (AvgIpc) is 3.44. The topological polar surface area (TPSA) is 196 Å². The highest BCUT2D eigenvalue weighted by atomic mass is 16.3. The summed E-state index contributed by atoms with van der Waals surface area (Å²) in [5, 5.41) is 24.7. The van der Waals surface area contributed by atoms with E-state index in [9.17, 15) is 14.7 Å². The average molecular weight is 441 g/mol. The van der Waals surface area contributed by atoms with Gasteiger partial charge in [0.2, 0.25) is 5.91 Å². The standard InChI is InChI=1S/C22H31N7O3/c1-12(2)16-10-22(16,21(26)32)29-13(3)11-27-18(20(25)31)19(24)28-15-6-4-14(5-7-15)17(30)8-9-23/h4-9,11-13,16,23,28-30H,10,24H2,1-3H3,(H2,25,31)(H2,26,32)/p-1/b17-8-,19-18+,23-9?,27-11?. The molecule has 2 rings (SSSR count). The van der Waals surface area contributed by atoms with Crippen LogP contribution in [0.1, 0.15) is 32.8 Å². The Morgan fingerprint density at radius 1 is 1.22 bits per heavy atom. The Morgan fingerprint density at radius 2 is 1.84 bits per heavy atom.